The van der Waals surface area contributed by atoms with Gasteiger partial charge >= 0.3 is 0 Å². The highest BCUT2D eigenvalue weighted by Gasteiger charge is 2.18. The van der Waals surface area contributed by atoms with Gasteiger partial charge in [-0.15, -0.1) is 0 Å². The largest absolute Gasteiger partial charge is 0.349 e. The van der Waals surface area contributed by atoms with Crippen LogP contribution in [-0.2, 0) is 11.2 Å². The molecule has 7 heteroatoms. The smallest absolute Gasteiger partial charge is 0.252 e. The standard InChI is InChI=1S/C22H21FN4O2/c1-11-17(22(29)27-19-8-7-18(23)12(2)21(11)19)9-20(28)26-14(4)16-6-5-15(10-24)25-13(16)3/h5-8,14H,9H2,1-4H3,(H,26,28)(H,27,29)/t14-/m1/s1. The van der Waals surface area contributed by atoms with E-state index in [1.807, 2.05) is 13.0 Å². The van der Waals surface area contributed by atoms with Gasteiger partial charge in [0.25, 0.3) is 5.56 Å². The third kappa shape index (κ3) is 3.87. The summed E-state index contributed by atoms with van der Waals surface area (Å²) in [4.78, 5) is 32.0. The van der Waals surface area contributed by atoms with E-state index in [1.165, 1.54) is 12.1 Å². The molecule has 0 aliphatic carbocycles. The Balaban J connectivity index is 1.87. The van der Waals surface area contributed by atoms with Crippen molar-refractivity contribution in [2.75, 3.05) is 0 Å². The highest BCUT2D eigenvalue weighted by atomic mass is 19.1. The molecule has 3 aromatic rings. The fourth-order valence-corrected chi connectivity index (χ4v) is 3.63. The summed E-state index contributed by atoms with van der Waals surface area (Å²) < 4.78 is 14.0. The van der Waals surface area contributed by atoms with Crippen molar-refractivity contribution in [2.45, 2.75) is 40.2 Å². The minimum Gasteiger partial charge on any atom is -0.349 e. The van der Waals surface area contributed by atoms with Gasteiger partial charge in [0.1, 0.15) is 17.6 Å². The molecule has 6 nitrogen and oxygen atoms in total. The second-order valence-corrected chi connectivity index (χ2v) is 7.10. The Morgan fingerprint density at radius 1 is 1.24 bits per heavy atom. The number of fused-ring (bicyclic) bond motifs is 1. The summed E-state index contributed by atoms with van der Waals surface area (Å²) in [5.41, 5.74) is 3.28. The SMILES string of the molecule is Cc1nc(C#N)ccc1[C@@H](C)NC(=O)Cc1c(C)c2c(C)c(F)ccc2[nH]c1=O. The van der Waals surface area contributed by atoms with Crippen LogP contribution in [0.3, 0.4) is 0 Å². The minimum absolute atomic E-state index is 0.125. The number of nitrogens with one attached hydrogen (secondary N) is 2. The van der Waals surface area contributed by atoms with E-state index in [0.717, 1.165) is 5.56 Å². The Kier molecular flexibility index (Phi) is 5.46. The van der Waals surface area contributed by atoms with E-state index in [9.17, 15) is 14.0 Å². The number of aromatic amines is 1. The fraction of sp³-hybridized carbons (Fsp3) is 0.273. The lowest BCUT2D eigenvalue weighted by atomic mass is 9.98. The van der Waals surface area contributed by atoms with Gasteiger partial charge in [-0.2, -0.15) is 5.26 Å². The van der Waals surface area contributed by atoms with Crippen LogP contribution in [-0.4, -0.2) is 15.9 Å². The summed E-state index contributed by atoms with van der Waals surface area (Å²) in [6.45, 7) is 6.96. The zero-order valence-corrected chi connectivity index (χ0v) is 16.7. The number of carbonyl (C=O) groups is 1. The zero-order chi connectivity index (χ0) is 21.3. The molecule has 0 saturated heterocycles. The van der Waals surface area contributed by atoms with E-state index in [-0.39, 0.29) is 29.7 Å². The molecule has 0 fully saturated rings. The molecule has 3 rings (SSSR count). The van der Waals surface area contributed by atoms with Gasteiger partial charge in [0.05, 0.1) is 12.5 Å². The fourth-order valence-electron chi connectivity index (χ4n) is 3.63. The van der Waals surface area contributed by atoms with E-state index >= 15 is 0 Å². The first-order valence-electron chi connectivity index (χ1n) is 9.20. The van der Waals surface area contributed by atoms with E-state index in [1.54, 1.807) is 32.9 Å². The molecule has 0 unspecified atom stereocenters. The van der Waals surface area contributed by atoms with E-state index < -0.39 is 0 Å². The molecule has 2 aromatic heterocycles. The van der Waals surface area contributed by atoms with Gasteiger partial charge in [0.2, 0.25) is 5.91 Å². The van der Waals surface area contributed by atoms with Crippen LogP contribution in [0.4, 0.5) is 4.39 Å². The first-order chi connectivity index (χ1) is 13.7. The van der Waals surface area contributed by atoms with Crippen molar-refractivity contribution < 1.29 is 9.18 Å². The Bertz CT molecular complexity index is 1220. The number of H-pyrrole nitrogens is 1. The number of carbonyl (C=O) groups excluding carboxylic acids is 1. The Morgan fingerprint density at radius 2 is 1.97 bits per heavy atom. The molecule has 0 spiro atoms. The molecule has 1 amide bonds. The summed E-state index contributed by atoms with van der Waals surface area (Å²) in [6, 6.07) is 7.83. The number of hydrogen-bond acceptors (Lipinski definition) is 4. The normalized spacial score (nSPS) is 11.9. The monoisotopic (exact) mass is 392 g/mol. The summed E-state index contributed by atoms with van der Waals surface area (Å²) in [5, 5.41) is 12.4. The number of nitriles is 1. The average molecular weight is 392 g/mol. The Labute approximate surface area is 167 Å². The lowest BCUT2D eigenvalue weighted by Crippen LogP contribution is -2.31. The number of pyridine rings is 2. The van der Waals surface area contributed by atoms with Crippen LogP contribution in [0.25, 0.3) is 10.9 Å². The maximum atomic E-state index is 14.0. The third-order valence-corrected chi connectivity index (χ3v) is 5.17. The highest BCUT2D eigenvalue weighted by molar-refractivity contribution is 5.88. The molecule has 0 aliphatic heterocycles. The average Bonchev–Trinajstić information content (AvgIpc) is 2.67. The zero-order valence-electron chi connectivity index (χ0n) is 16.7. The second kappa shape index (κ2) is 7.84. The quantitative estimate of drug-likeness (QED) is 0.712. The number of halogens is 1. The summed E-state index contributed by atoms with van der Waals surface area (Å²) in [7, 11) is 0. The van der Waals surface area contributed by atoms with E-state index in [0.29, 0.717) is 39.0 Å². The lowest BCUT2D eigenvalue weighted by molar-refractivity contribution is -0.121. The molecular formula is C22H21FN4O2. The Morgan fingerprint density at radius 3 is 2.62 bits per heavy atom. The predicted octanol–water partition coefficient (Wildman–Crippen LogP) is 3.28. The maximum Gasteiger partial charge on any atom is 0.252 e. The number of aromatic nitrogens is 2. The van der Waals surface area contributed by atoms with Gasteiger partial charge in [0, 0.05) is 22.2 Å². The minimum atomic E-state index is -0.361. The van der Waals surface area contributed by atoms with Crippen LogP contribution in [0.15, 0.2) is 29.1 Å². The molecule has 2 N–H and O–H groups in total. The first kappa shape index (κ1) is 20.2. The van der Waals surface area contributed by atoms with E-state index in [4.69, 9.17) is 5.26 Å². The maximum absolute atomic E-state index is 14.0. The number of aryl methyl sites for hydroxylation is 3. The molecule has 0 radical (unpaired) electrons. The van der Waals surface area contributed by atoms with Crippen molar-refractivity contribution in [3.8, 4) is 6.07 Å². The molecule has 0 saturated carbocycles. The van der Waals surface area contributed by atoms with Crippen molar-refractivity contribution in [1.29, 1.82) is 5.26 Å². The number of amides is 1. The molecule has 1 atom stereocenters. The van der Waals surface area contributed by atoms with Gasteiger partial charge in [-0.25, -0.2) is 9.37 Å². The topological polar surface area (TPSA) is 98.6 Å². The van der Waals surface area contributed by atoms with Crippen molar-refractivity contribution in [1.82, 2.24) is 15.3 Å². The van der Waals surface area contributed by atoms with Gasteiger partial charge in [-0.3, -0.25) is 9.59 Å². The van der Waals surface area contributed by atoms with Gasteiger partial charge in [0.15, 0.2) is 0 Å². The van der Waals surface area contributed by atoms with Crippen LogP contribution >= 0.6 is 0 Å². The van der Waals surface area contributed by atoms with Crippen molar-refractivity contribution in [2.24, 2.45) is 0 Å². The lowest BCUT2D eigenvalue weighted by Gasteiger charge is -2.17. The van der Waals surface area contributed by atoms with Crippen LogP contribution < -0.4 is 10.9 Å². The van der Waals surface area contributed by atoms with Crippen LogP contribution in [0.5, 0.6) is 0 Å². The molecular weight excluding hydrogens is 371 g/mol. The van der Waals surface area contributed by atoms with Crippen LogP contribution in [0.1, 0.15) is 46.6 Å². The van der Waals surface area contributed by atoms with Crippen LogP contribution in [0.2, 0.25) is 0 Å². The summed E-state index contributed by atoms with van der Waals surface area (Å²) in [6.07, 6.45) is -0.125. The predicted molar refractivity (Wildman–Crippen MR) is 108 cm³/mol. The Hall–Kier alpha value is -3.53. The van der Waals surface area contributed by atoms with Gasteiger partial charge < -0.3 is 10.3 Å². The molecule has 0 bridgehead atoms. The number of nitrogens with zero attached hydrogens (tertiary/aromatic N) is 2. The molecule has 2 heterocycles. The number of hydrogen-bond donors (Lipinski definition) is 2. The molecule has 29 heavy (non-hydrogen) atoms. The molecule has 0 aliphatic rings. The van der Waals surface area contributed by atoms with Gasteiger partial charge in [-0.1, -0.05) is 6.07 Å². The highest BCUT2D eigenvalue weighted by Crippen LogP contribution is 2.24. The summed E-state index contributed by atoms with van der Waals surface area (Å²) >= 11 is 0. The third-order valence-electron chi connectivity index (χ3n) is 5.17. The van der Waals surface area contributed by atoms with Gasteiger partial charge in [-0.05, 0) is 62.6 Å². The summed E-state index contributed by atoms with van der Waals surface area (Å²) in [5.74, 6) is -0.691. The molecule has 1 aromatic carbocycles. The van der Waals surface area contributed by atoms with E-state index in [2.05, 4.69) is 15.3 Å². The van der Waals surface area contributed by atoms with Crippen molar-refractivity contribution in [3.05, 3.63) is 74.1 Å². The molecule has 148 valence electrons. The second-order valence-electron chi connectivity index (χ2n) is 7.10. The first-order valence-corrected chi connectivity index (χ1v) is 9.20. The van der Waals surface area contributed by atoms with Crippen molar-refractivity contribution >= 4 is 16.8 Å². The number of rotatable bonds is 4. The number of benzene rings is 1. The van der Waals surface area contributed by atoms with Crippen molar-refractivity contribution in [3.63, 3.8) is 0 Å². The van der Waals surface area contributed by atoms with Crippen LogP contribution in [0, 0.1) is 37.9 Å².